The van der Waals surface area contributed by atoms with Crippen molar-refractivity contribution in [1.82, 2.24) is 4.98 Å². The second kappa shape index (κ2) is 6.44. The van der Waals surface area contributed by atoms with Crippen molar-refractivity contribution in [2.75, 3.05) is 6.61 Å². The maximum Gasteiger partial charge on any atom is 0.213 e. The molecule has 15 heavy (non-hydrogen) atoms. The van der Waals surface area contributed by atoms with E-state index in [0.29, 0.717) is 0 Å². The summed E-state index contributed by atoms with van der Waals surface area (Å²) in [5.74, 6) is 1.56. The lowest BCUT2D eigenvalue weighted by Gasteiger charge is -2.03. The summed E-state index contributed by atoms with van der Waals surface area (Å²) in [6.07, 6.45) is 5.69. The van der Waals surface area contributed by atoms with E-state index in [1.807, 2.05) is 19.1 Å². The topological polar surface area (TPSA) is 22.1 Å². The molecule has 0 N–H and O–H groups in total. The van der Waals surface area contributed by atoms with Crippen molar-refractivity contribution in [3.05, 3.63) is 23.9 Å². The molecule has 0 amide bonds. The van der Waals surface area contributed by atoms with E-state index in [9.17, 15) is 0 Å². The van der Waals surface area contributed by atoms with Gasteiger partial charge in [-0.1, -0.05) is 20.3 Å². The first-order valence-electron chi connectivity index (χ1n) is 5.81. The zero-order valence-electron chi connectivity index (χ0n) is 9.99. The molecule has 1 aromatic heterocycles. The van der Waals surface area contributed by atoms with E-state index < -0.39 is 0 Å². The molecular weight excluding hydrogens is 186 g/mol. The summed E-state index contributed by atoms with van der Waals surface area (Å²) in [5.41, 5.74) is 1.20. The van der Waals surface area contributed by atoms with Gasteiger partial charge in [0.2, 0.25) is 5.88 Å². The molecule has 0 radical (unpaired) electrons. The monoisotopic (exact) mass is 207 g/mol. The van der Waals surface area contributed by atoms with Gasteiger partial charge in [-0.3, -0.25) is 0 Å². The largest absolute Gasteiger partial charge is 0.477 e. The molecule has 1 aliphatic rings. The Morgan fingerprint density at radius 1 is 1.40 bits per heavy atom. The minimum Gasteiger partial charge on any atom is -0.477 e. The normalized spacial score (nSPS) is 14.1. The lowest BCUT2D eigenvalue weighted by atomic mass is 10.3. The number of nitrogens with zero attached hydrogens (tertiary/aromatic N) is 1. The average Bonchev–Trinajstić information content (AvgIpc) is 2.99. The quantitative estimate of drug-likeness (QED) is 0.755. The second-order valence-corrected chi connectivity index (χ2v) is 4.13. The molecule has 1 fully saturated rings. The van der Waals surface area contributed by atoms with Crippen LogP contribution in [-0.2, 0) is 0 Å². The molecule has 1 heterocycles. The summed E-state index contributed by atoms with van der Waals surface area (Å²) in [7, 11) is 0. The van der Waals surface area contributed by atoms with Crippen molar-refractivity contribution >= 4 is 0 Å². The summed E-state index contributed by atoms with van der Waals surface area (Å²) in [6, 6.07) is 3.95. The van der Waals surface area contributed by atoms with Gasteiger partial charge < -0.3 is 4.74 Å². The van der Waals surface area contributed by atoms with E-state index in [1.54, 1.807) is 6.20 Å². The Labute approximate surface area is 92.7 Å². The summed E-state index contributed by atoms with van der Waals surface area (Å²) in [6.45, 7) is 7.14. The summed E-state index contributed by atoms with van der Waals surface area (Å²) >= 11 is 0. The highest BCUT2D eigenvalue weighted by Crippen LogP contribution is 2.29. The van der Waals surface area contributed by atoms with Crippen molar-refractivity contribution in [3.8, 4) is 5.88 Å². The van der Waals surface area contributed by atoms with Crippen LogP contribution in [0.2, 0.25) is 0 Å². The van der Waals surface area contributed by atoms with Crippen molar-refractivity contribution in [2.45, 2.75) is 40.0 Å². The lowest BCUT2D eigenvalue weighted by Crippen LogP contribution is -2.00. The van der Waals surface area contributed by atoms with Crippen LogP contribution in [0.25, 0.3) is 0 Å². The van der Waals surface area contributed by atoms with E-state index >= 15 is 0 Å². The fourth-order valence-corrected chi connectivity index (χ4v) is 1.08. The predicted molar refractivity (Wildman–Crippen MR) is 63.2 cm³/mol. The Morgan fingerprint density at radius 3 is 2.60 bits per heavy atom. The Bertz CT molecular complexity index is 282. The van der Waals surface area contributed by atoms with Crippen LogP contribution >= 0.6 is 0 Å². The summed E-state index contributed by atoms with van der Waals surface area (Å²) in [4.78, 5) is 4.12. The number of hydrogen-bond acceptors (Lipinski definition) is 2. The average molecular weight is 207 g/mol. The van der Waals surface area contributed by atoms with Crippen LogP contribution in [0.3, 0.4) is 0 Å². The molecule has 0 aliphatic heterocycles. The maximum atomic E-state index is 5.50. The highest BCUT2D eigenvalue weighted by molar-refractivity contribution is 5.18. The summed E-state index contributed by atoms with van der Waals surface area (Å²) < 4.78 is 5.50. The zero-order valence-corrected chi connectivity index (χ0v) is 9.99. The molecule has 0 saturated heterocycles. The Hall–Kier alpha value is -1.05. The second-order valence-electron chi connectivity index (χ2n) is 4.13. The third kappa shape index (κ3) is 5.40. The fraction of sp³-hybridized carbons (Fsp3) is 0.615. The highest BCUT2D eigenvalue weighted by atomic mass is 16.5. The Morgan fingerprint density at radius 2 is 2.07 bits per heavy atom. The first kappa shape index (κ1) is 12.0. The van der Waals surface area contributed by atoms with Crippen LogP contribution in [0.4, 0.5) is 0 Å². The maximum absolute atomic E-state index is 5.50. The van der Waals surface area contributed by atoms with E-state index in [4.69, 9.17) is 4.74 Å². The van der Waals surface area contributed by atoms with Gasteiger partial charge in [0, 0.05) is 12.3 Å². The van der Waals surface area contributed by atoms with Gasteiger partial charge in [-0.15, -0.1) is 0 Å². The zero-order chi connectivity index (χ0) is 11.1. The third-order valence-electron chi connectivity index (χ3n) is 2.05. The van der Waals surface area contributed by atoms with E-state index in [1.165, 1.54) is 24.8 Å². The van der Waals surface area contributed by atoms with Crippen molar-refractivity contribution in [1.29, 1.82) is 0 Å². The number of rotatable bonds is 3. The fourth-order valence-electron chi connectivity index (χ4n) is 1.08. The smallest absolute Gasteiger partial charge is 0.213 e. The Balaban J connectivity index is 0.000000337. The molecule has 0 atom stereocenters. The van der Waals surface area contributed by atoms with Crippen molar-refractivity contribution in [3.63, 3.8) is 0 Å². The van der Waals surface area contributed by atoms with Gasteiger partial charge in [-0.25, -0.2) is 4.98 Å². The Kier molecular flexibility index (Phi) is 5.16. The van der Waals surface area contributed by atoms with Crippen LogP contribution in [0.15, 0.2) is 18.3 Å². The molecule has 0 unspecified atom stereocenters. The van der Waals surface area contributed by atoms with Gasteiger partial charge >= 0.3 is 0 Å². The van der Waals surface area contributed by atoms with E-state index in [-0.39, 0.29) is 0 Å². The van der Waals surface area contributed by atoms with E-state index in [2.05, 4.69) is 18.8 Å². The van der Waals surface area contributed by atoms with Crippen LogP contribution < -0.4 is 4.74 Å². The van der Waals surface area contributed by atoms with Gasteiger partial charge in [0.1, 0.15) is 0 Å². The van der Waals surface area contributed by atoms with Crippen LogP contribution in [0, 0.1) is 12.8 Å². The molecule has 2 heteroatoms. The molecule has 1 aliphatic carbocycles. The first-order valence-corrected chi connectivity index (χ1v) is 5.81. The van der Waals surface area contributed by atoms with Crippen LogP contribution in [0.1, 0.15) is 38.7 Å². The number of hydrogen-bond donors (Lipinski definition) is 0. The number of aromatic nitrogens is 1. The molecule has 0 spiro atoms. The van der Waals surface area contributed by atoms with Crippen LogP contribution in [0.5, 0.6) is 5.88 Å². The predicted octanol–water partition coefficient (Wildman–Crippen LogP) is 3.60. The van der Waals surface area contributed by atoms with Crippen molar-refractivity contribution in [2.24, 2.45) is 5.92 Å². The minimum atomic E-state index is 0.766. The molecule has 0 aromatic carbocycles. The molecule has 2 nitrogen and oxygen atoms in total. The summed E-state index contributed by atoms with van der Waals surface area (Å²) in [5, 5.41) is 0. The first-order chi connectivity index (χ1) is 7.26. The SMILES string of the molecule is CCC.Cc1ccnc(OCC2CC2)c1. The molecule has 2 rings (SSSR count). The van der Waals surface area contributed by atoms with Gasteiger partial charge in [-0.05, 0) is 37.3 Å². The molecular formula is C13H21NO. The number of pyridine rings is 1. The standard InChI is InChI=1S/C10H13NO.C3H8/c1-8-4-5-11-10(6-8)12-7-9-2-3-9;1-3-2/h4-6,9H,2-3,7H2,1H3;3H2,1-2H3. The van der Waals surface area contributed by atoms with Gasteiger partial charge in [0.05, 0.1) is 6.61 Å². The molecule has 1 saturated carbocycles. The highest BCUT2D eigenvalue weighted by Gasteiger charge is 2.21. The van der Waals surface area contributed by atoms with E-state index in [0.717, 1.165) is 18.4 Å². The number of aryl methyl sites for hydroxylation is 1. The molecule has 84 valence electrons. The van der Waals surface area contributed by atoms with Gasteiger partial charge in [0.15, 0.2) is 0 Å². The van der Waals surface area contributed by atoms with Gasteiger partial charge in [0.25, 0.3) is 0 Å². The van der Waals surface area contributed by atoms with Gasteiger partial charge in [-0.2, -0.15) is 0 Å². The van der Waals surface area contributed by atoms with Crippen LogP contribution in [-0.4, -0.2) is 11.6 Å². The minimum absolute atomic E-state index is 0.766. The number of ether oxygens (including phenoxy) is 1. The molecule has 0 bridgehead atoms. The molecule has 1 aromatic rings. The lowest BCUT2D eigenvalue weighted by molar-refractivity contribution is 0.288. The van der Waals surface area contributed by atoms with Crippen molar-refractivity contribution < 1.29 is 4.74 Å². The third-order valence-corrected chi connectivity index (χ3v) is 2.05.